The molecule has 0 spiro atoms. The second kappa shape index (κ2) is 7.85. The maximum Gasteiger partial charge on any atom is 0.269 e. The first-order valence-corrected chi connectivity index (χ1v) is 10.1. The summed E-state index contributed by atoms with van der Waals surface area (Å²) in [5, 5.41) is 21.7. The number of nitro benzene ring substituents is 1. The van der Waals surface area contributed by atoms with Crippen LogP contribution in [0.25, 0.3) is 0 Å². The Hall–Kier alpha value is -4.55. The van der Waals surface area contributed by atoms with Crippen LogP contribution in [0.15, 0.2) is 78.9 Å². The smallest absolute Gasteiger partial charge is 0.269 e. The fourth-order valence-electron chi connectivity index (χ4n) is 4.28. The standard InChI is InChI=1S/C24H16N4O5/c25-14-15-6-8-16(9-7-15)21-20-22(33-27(21)18-4-2-1-3-5-18)24(30)26(23(20)29)17-10-12-19(13-11-17)28(31)32/h1-13,20-22H/t20-,21+,22-/m0/s1. The van der Waals surface area contributed by atoms with Gasteiger partial charge in [0.1, 0.15) is 5.92 Å². The minimum atomic E-state index is -1.05. The molecule has 0 radical (unpaired) electrons. The van der Waals surface area contributed by atoms with Crippen LogP contribution in [0, 0.1) is 27.4 Å². The average molecular weight is 440 g/mol. The monoisotopic (exact) mass is 440 g/mol. The maximum atomic E-state index is 13.5. The molecule has 9 nitrogen and oxygen atoms in total. The summed E-state index contributed by atoms with van der Waals surface area (Å²) in [4.78, 5) is 44.2. The van der Waals surface area contributed by atoms with Crippen LogP contribution in [-0.4, -0.2) is 22.8 Å². The number of rotatable bonds is 4. The van der Waals surface area contributed by atoms with Crippen molar-refractivity contribution in [1.82, 2.24) is 0 Å². The van der Waals surface area contributed by atoms with Gasteiger partial charge in [0, 0.05) is 12.1 Å². The zero-order valence-corrected chi connectivity index (χ0v) is 17.1. The van der Waals surface area contributed by atoms with Gasteiger partial charge in [-0.25, -0.2) is 9.96 Å². The van der Waals surface area contributed by atoms with Gasteiger partial charge in [-0.2, -0.15) is 5.26 Å². The van der Waals surface area contributed by atoms with Crippen molar-refractivity contribution in [3.05, 3.63) is 100 Å². The number of carbonyl (C=O) groups excluding carboxylic acids is 2. The molecule has 2 saturated heterocycles. The number of hydroxylamine groups is 1. The number of fused-ring (bicyclic) bond motifs is 1. The first kappa shape index (κ1) is 20.4. The summed E-state index contributed by atoms with van der Waals surface area (Å²) in [5.41, 5.74) is 1.99. The Labute approximate surface area is 188 Å². The van der Waals surface area contributed by atoms with Crippen LogP contribution >= 0.6 is 0 Å². The highest BCUT2D eigenvalue weighted by molar-refractivity contribution is 6.23. The van der Waals surface area contributed by atoms with Gasteiger partial charge < -0.3 is 0 Å². The lowest BCUT2D eigenvalue weighted by Gasteiger charge is -2.28. The van der Waals surface area contributed by atoms with Crippen molar-refractivity contribution in [1.29, 1.82) is 5.26 Å². The number of nitro groups is 1. The molecule has 2 fully saturated rings. The van der Waals surface area contributed by atoms with Crippen LogP contribution in [0.3, 0.4) is 0 Å². The summed E-state index contributed by atoms with van der Waals surface area (Å²) in [6.45, 7) is 0. The molecule has 0 N–H and O–H groups in total. The van der Waals surface area contributed by atoms with E-state index in [1.807, 2.05) is 30.3 Å². The predicted octanol–water partition coefficient (Wildman–Crippen LogP) is 3.52. The number of nitrogens with zero attached hydrogens (tertiary/aromatic N) is 4. The minimum Gasteiger partial charge on any atom is -0.273 e. The fraction of sp³-hybridized carbons (Fsp3) is 0.125. The molecule has 0 unspecified atom stereocenters. The fourth-order valence-corrected chi connectivity index (χ4v) is 4.28. The lowest BCUT2D eigenvalue weighted by atomic mass is 9.90. The zero-order chi connectivity index (χ0) is 23.1. The summed E-state index contributed by atoms with van der Waals surface area (Å²) < 4.78 is 0. The van der Waals surface area contributed by atoms with Gasteiger partial charge in [0.25, 0.3) is 11.6 Å². The third-order valence-corrected chi connectivity index (χ3v) is 5.83. The number of imide groups is 1. The van der Waals surface area contributed by atoms with Crippen LogP contribution in [0.4, 0.5) is 17.1 Å². The number of hydrogen-bond acceptors (Lipinski definition) is 7. The Kier molecular flexibility index (Phi) is 4.84. The molecule has 2 aliphatic rings. The molecule has 0 bridgehead atoms. The van der Waals surface area contributed by atoms with Crippen molar-refractivity contribution < 1.29 is 19.3 Å². The van der Waals surface area contributed by atoms with Gasteiger partial charge in [0.2, 0.25) is 5.91 Å². The van der Waals surface area contributed by atoms with Crippen LogP contribution < -0.4 is 9.96 Å². The molecule has 5 rings (SSSR count). The van der Waals surface area contributed by atoms with E-state index in [9.17, 15) is 19.7 Å². The SMILES string of the molecule is N#Cc1ccc([C@@H]2[C@@H]3C(=O)N(c4ccc([N+](=O)[O-])cc4)C(=O)[C@H]3ON2c2ccccc2)cc1. The summed E-state index contributed by atoms with van der Waals surface area (Å²) in [6, 6.07) is 22.7. The molecule has 9 heteroatoms. The molecule has 2 aliphatic heterocycles. The molecule has 0 aliphatic carbocycles. The van der Waals surface area contributed by atoms with E-state index in [2.05, 4.69) is 6.07 Å². The Morgan fingerprint density at radius 1 is 0.879 bits per heavy atom. The third-order valence-electron chi connectivity index (χ3n) is 5.83. The van der Waals surface area contributed by atoms with Crippen molar-refractivity contribution in [2.45, 2.75) is 12.1 Å². The molecule has 3 aromatic carbocycles. The van der Waals surface area contributed by atoms with E-state index in [4.69, 9.17) is 10.1 Å². The third kappa shape index (κ3) is 3.30. The van der Waals surface area contributed by atoms with Gasteiger partial charge in [-0.15, -0.1) is 0 Å². The molecular weight excluding hydrogens is 424 g/mol. The number of anilines is 2. The number of non-ortho nitro benzene ring substituents is 1. The van der Waals surface area contributed by atoms with Crippen molar-refractivity contribution in [2.75, 3.05) is 9.96 Å². The van der Waals surface area contributed by atoms with Crippen LogP contribution in [0.1, 0.15) is 17.2 Å². The molecule has 2 heterocycles. The van der Waals surface area contributed by atoms with Gasteiger partial charge in [-0.1, -0.05) is 30.3 Å². The van der Waals surface area contributed by atoms with E-state index in [0.29, 0.717) is 11.3 Å². The topological polar surface area (TPSA) is 117 Å². The Bertz CT molecular complexity index is 1290. The molecular formula is C24H16N4O5. The molecule has 0 aromatic heterocycles. The lowest BCUT2D eigenvalue weighted by molar-refractivity contribution is -0.384. The Balaban J connectivity index is 1.55. The largest absolute Gasteiger partial charge is 0.273 e. The van der Waals surface area contributed by atoms with Gasteiger partial charge in [-0.05, 0) is 42.0 Å². The number of nitriles is 1. The van der Waals surface area contributed by atoms with Crippen molar-refractivity contribution in [3.8, 4) is 6.07 Å². The first-order chi connectivity index (χ1) is 16.0. The number of amides is 2. The number of para-hydroxylation sites is 1. The van der Waals surface area contributed by atoms with Crippen LogP contribution in [-0.2, 0) is 14.4 Å². The highest BCUT2D eigenvalue weighted by atomic mass is 16.7. The Morgan fingerprint density at radius 3 is 2.15 bits per heavy atom. The quantitative estimate of drug-likeness (QED) is 0.346. The van der Waals surface area contributed by atoms with Crippen LogP contribution in [0.5, 0.6) is 0 Å². The number of hydrogen-bond donors (Lipinski definition) is 0. The van der Waals surface area contributed by atoms with E-state index >= 15 is 0 Å². The van der Waals surface area contributed by atoms with E-state index < -0.39 is 34.8 Å². The molecule has 3 aromatic rings. The summed E-state index contributed by atoms with van der Waals surface area (Å²) in [5.74, 6) is -1.82. The minimum absolute atomic E-state index is 0.139. The normalized spacial score (nSPS) is 21.7. The maximum absolute atomic E-state index is 13.5. The van der Waals surface area contributed by atoms with Crippen molar-refractivity contribution in [3.63, 3.8) is 0 Å². The second-order valence-corrected chi connectivity index (χ2v) is 7.68. The van der Waals surface area contributed by atoms with Crippen molar-refractivity contribution >= 4 is 28.9 Å². The van der Waals surface area contributed by atoms with E-state index in [1.54, 1.807) is 29.3 Å². The molecule has 2 amide bonds. The van der Waals surface area contributed by atoms with Gasteiger partial charge >= 0.3 is 0 Å². The lowest BCUT2D eigenvalue weighted by Crippen LogP contribution is -2.37. The van der Waals surface area contributed by atoms with E-state index in [0.717, 1.165) is 10.5 Å². The van der Waals surface area contributed by atoms with Gasteiger partial charge in [0.15, 0.2) is 6.10 Å². The molecule has 162 valence electrons. The van der Waals surface area contributed by atoms with Crippen molar-refractivity contribution in [2.24, 2.45) is 5.92 Å². The predicted molar refractivity (Wildman–Crippen MR) is 117 cm³/mol. The molecule has 33 heavy (non-hydrogen) atoms. The highest BCUT2D eigenvalue weighted by Crippen LogP contribution is 2.47. The van der Waals surface area contributed by atoms with Gasteiger partial charge in [0.05, 0.1) is 34.0 Å². The second-order valence-electron chi connectivity index (χ2n) is 7.68. The molecule has 0 saturated carbocycles. The zero-order valence-electron chi connectivity index (χ0n) is 17.1. The average Bonchev–Trinajstić information content (AvgIpc) is 3.35. The number of carbonyl (C=O) groups is 2. The Morgan fingerprint density at radius 2 is 1.55 bits per heavy atom. The summed E-state index contributed by atoms with van der Waals surface area (Å²) >= 11 is 0. The van der Waals surface area contributed by atoms with Crippen LogP contribution in [0.2, 0.25) is 0 Å². The highest BCUT2D eigenvalue weighted by Gasteiger charge is 2.60. The van der Waals surface area contributed by atoms with E-state index in [1.165, 1.54) is 24.3 Å². The summed E-state index contributed by atoms with van der Waals surface area (Å²) in [7, 11) is 0. The number of benzene rings is 3. The summed E-state index contributed by atoms with van der Waals surface area (Å²) in [6.07, 6.45) is -1.05. The first-order valence-electron chi connectivity index (χ1n) is 10.1. The molecule has 3 atom stereocenters. The van der Waals surface area contributed by atoms with Gasteiger partial charge in [-0.3, -0.25) is 24.5 Å². The van der Waals surface area contributed by atoms with E-state index in [-0.39, 0.29) is 11.4 Å².